The number of unbranched alkanes of at least 4 members (excludes halogenated alkanes) is 1. The van der Waals surface area contributed by atoms with Gasteiger partial charge in [0, 0.05) is 6.20 Å². The van der Waals surface area contributed by atoms with Crippen LogP contribution in [0.4, 0.5) is 11.4 Å². The van der Waals surface area contributed by atoms with Crippen molar-refractivity contribution >= 4 is 33.3 Å². The summed E-state index contributed by atoms with van der Waals surface area (Å²) >= 11 is 3.14. The number of nitro groups is 1. The first-order valence-corrected chi connectivity index (χ1v) is 6.53. The van der Waals surface area contributed by atoms with Crippen molar-refractivity contribution < 1.29 is 14.8 Å². The molecule has 1 rings (SSSR count). The molecule has 1 aromatic rings. The zero-order valence-corrected chi connectivity index (χ0v) is 11.9. The van der Waals surface area contributed by atoms with Crippen molar-refractivity contribution in [1.29, 1.82) is 0 Å². The van der Waals surface area contributed by atoms with Gasteiger partial charge in [-0.3, -0.25) is 15.1 Å². The van der Waals surface area contributed by atoms with Crippen LogP contribution in [-0.2, 0) is 4.79 Å². The highest BCUT2D eigenvalue weighted by Gasteiger charge is 2.23. The minimum atomic E-state index is -1.04. The van der Waals surface area contributed by atoms with Gasteiger partial charge in [-0.2, -0.15) is 0 Å². The van der Waals surface area contributed by atoms with Crippen molar-refractivity contribution in [3.63, 3.8) is 0 Å². The fourth-order valence-corrected chi connectivity index (χ4v) is 1.98. The van der Waals surface area contributed by atoms with E-state index in [-0.39, 0.29) is 11.4 Å². The number of rotatable bonds is 7. The van der Waals surface area contributed by atoms with Crippen LogP contribution in [0.25, 0.3) is 0 Å². The van der Waals surface area contributed by atoms with Crippen LogP contribution in [0.2, 0.25) is 0 Å². The highest BCUT2D eigenvalue weighted by molar-refractivity contribution is 9.10. The molecule has 19 heavy (non-hydrogen) atoms. The van der Waals surface area contributed by atoms with Gasteiger partial charge in [0.15, 0.2) is 0 Å². The predicted molar refractivity (Wildman–Crippen MR) is 73.2 cm³/mol. The van der Waals surface area contributed by atoms with Crippen molar-refractivity contribution in [3.05, 3.63) is 27.0 Å². The predicted octanol–water partition coefficient (Wildman–Crippen LogP) is 2.81. The number of aromatic nitrogens is 1. The lowest BCUT2D eigenvalue weighted by Crippen LogP contribution is -2.29. The Morgan fingerprint density at radius 1 is 1.63 bits per heavy atom. The molecule has 0 aliphatic carbocycles. The maximum atomic E-state index is 11.1. The van der Waals surface area contributed by atoms with Crippen LogP contribution in [0, 0.1) is 10.1 Å². The minimum absolute atomic E-state index is 0.142. The highest BCUT2D eigenvalue weighted by Crippen LogP contribution is 2.32. The number of anilines is 1. The maximum Gasteiger partial charge on any atom is 0.326 e. The van der Waals surface area contributed by atoms with E-state index in [0.29, 0.717) is 10.9 Å². The topological polar surface area (TPSA) is 105 Å². The Hall–Kier alpha value is -1.70. The summed E-state index contributed by atoms with van der Waals surface area (Å²) in [4.78, 5) is 25.1. The lowest BCUT2D eigenvalue weighted by molar-refractivity contribution is -0.384. The Balaban J connectivity index is 3.01. The fraction of sp³-hybridized carbons (Fsp3) is 0.455. The number of hydrogen-bond donors (Lipinski definition) is 2. The third-order valence-electron chi connectivity index (χ3n) is 2.54. The van der Waals surface area contributed by atoms with Crippen molar-refractivity contribution in [1.82, 2.24) is 4.98 Å². The van der Waals surface area contributed by atoms with Gasteiger partial charge in [-0.1, -0.05) is 19.8 Å². The number of aliphatic carboxylic acids is 1. The summed E-state index contributed by atoms with van der Waals surface area (Å²) in [7, 11) is 0. The Kier molecular flexibility index (Phi) is 5.68. The first kappa shape index (κ1) is 15.4. The third kappa shape index (κ3) is 4.16. The second-order valence-corrected chi connectivity index (χ2v) is 4.80. The van der Waals surface area contributed by atoms with Gasteiger partial charge in [0.2, 0.25) is 0 Å². The van der Waals surface area contributed by atoms with Crippen LogP contribution in [0.3, 0.4) is 0 Å². The van der Waals surface area contributed by atoms with Crippen molar-refractivity contribution in [2.24, 2.45) is 0 Å². The van der Waals surface area contributed by atoms with Crippen LogP contribution in [0.5, 0.6) is 0 Å². The molecule has 0 fully saturated rings. The number of halogens is 1. The van der Waals surface area contributed by atoms with Crippen molar-refractivity contribution in [2.75, 3.05) is 5.32 Å². The summed E-state index contributed by atoms with van der Waals surface area (Å²) in [5.74, 6) is -1.04. The smallest absolute Gasteiger partial charge is 0.326 e. The van der Waals surface area contributed by atoms with Gasteiger partial charge >= 0.3 is 11.7 Å². The van der Waals surface area contributed by atoms with E-state index in [0.717, 1.165) is 19.0 Å². The SMILES string of the molecule is CCCCC(Nc1c(Br)cncc1[N+](=O)[O-])C(=O)O. The highest BCUT2D eigenvalue weighted by atomic mass is 79.9. The van der Waals surface area contributed by atoms with Gasteiger partial charge < -0.3 is 10.4 Å². The molecule has 0 spiro atoms. The van der Waals surface area contributed by atoms with E-state index in [1.54, 1.807) is 0 Å². The summed E-state index contributed by atoms with van der Waals surface area (Å²) in [5.41, 5.74) is -0.111. The Bertz CT molecular complexity index is 481. The molecule has 1 unspecified atom stereocenters. The van der Waals surface area contributed by atoms with Gasteiger partial charge in [0.25, 0.3) is 0 Å². The zero-order chi connectivity index (χ0) is 14.4. The molecule has 1 aromatic heterocycles. The average Bonchev–Trinajstić information content (AvgIpc) is 2.35. The van der Waals surface area contributed by atoms with Gasteiger partial charge in [-0.05, 0) is 22.4 Å². The van der Waals surface area contributed by atoms with Gasteiger partial charge in [0.1, 0.15) is 17.9 Å². The Morgan fingerprint density at radius 2 is 2.32 bits per heavy atom. The normalized spacial score (nSPS) is 11.9. The Labute approximate surface area is 118 Å². The summed E-state index contributed by atoms with van der Waals surface area (Å²) in [6.07, 6.45) is 4.45. The van der Waals surface area contributed by atoms with Gasteiger partial charge in [-0.15, -0.1) is 0 Å². The molecule has 7 nitrogen and oxygen atoms in total. The molecule has 2 N–H and O–H groups in total. The minimum Gasteiger partial charge on any atom is -0.480 e. The summed E-state index contributed by atoms with van der Waals surface area (Å²) in [6, 6.07) is -0.864. The molecule has 0 saturated heterocycles. The van der Waals surface area contributed by atoms with E-state index in [9.17, 15) is 14.9 Å². The van der Waals surface area contributed by atoms with Crippen LogP contribution in [-0.4, -0.2) is 27.0 Å². The quantitative estimate of drug-likeness (QED) is 0.587. The number of hydrogen-bond acceptors (Lipinski definition) is 5. The molecule has 0 radical (unpaired) electrons. The molecule has 0 amide bonds. The average molecular weight is 332 g/mol. The molecular formula is C11H14BrN3O4. The van der Waals surface area contributed by atoms with E-state index in [4.69, 9.17) is 5.11 Å². The van der Waals surface area contributed by atoms with E-state index < -0.39 is 16.9 Å². The van der Waals surface area contributed by atoms with E-state index in [1.165, 1.54) is 6.20 Å². The van der Waals surface area contributed by atoms with Gasteiger partial charge in [-0.25, -0.2) is 4.79 Å². The summed E-state index contributed by atoms with van der Waals surface area (Å²) < 4.78 is 0.365. The van der Waals surface area contributed by atoms with E-state index in [1.807, 2.05) is 6.92 Å². The number of carboxylic acids is 1. The molecule has 0 aromatic carbocycles. The molecule has 1 atom stereocenters. The molecule has 1 heterocycles. The second kappa shape index (κ2) is 7.03. The third-order valence-corrected chi connectivity index (χ3v) is 3.14. The van der Waals surface area contributed by atoms with Crippen LogP contribution < -0.4 is 5.32 Å². The zero-order valence-electron chi connectivity index (χ0n) is 10.3. The molecule has 0 aliphatic rings. The monoisotopic (exact) mass is 331 g/mol. The molecule has 104 valence electrons. The van der Waals surface area contributed by atoms with Crippen molar-refractivity contribution in [3.8, 4) is 0 Å². The maximum absolute atomic E-state index is 11.1. The number of nitrogens with zero attached hydrogens (tertiary/aromatic N) is 2. The summed E-state index contributed by atoms with van der Waals surface area (Å²) in [5, 5.41) is 22.7. The van der Waals surface area contributed by atoms with Crippen LogP contribution >= 0.6 is 15.9 Å². The standard InChI is InChI=1S/C11H14BrN3O4/c1-2-3-4-8(11(16)17)14-10-7(12)5-13-6-9(10)15(18)19/h5-6,8H,2-4H2,1H3,(H,13,14)(H,16,17). The fourth-order valence-electron chi connectivity index (χ4n) is 1.55. The molecule has 0 aliphatic heterocycles. The Morgan fingerprint density at radius 3 is 2.84 bits per heavy atom. The van der Waals surface area contributed by atoms with E-state index in [2.05, 4.69) is 26.2 Å². The molecule has 0 saturated carbocycles. The summed E-state index contributed by atoms with van der Waals surface area (Å²) in [6.45, 7) is 1.95. The first-order chi connectivity index (χ1) is 8.97. The number of carboxylic acid groups (broad SMARTS) is 1. The lowest BCUT2D eigenvalue weighted by Gasteiger charge is -2.16. The largest absolute Gasteiger partial charge is 0.480 e. The molecule has 0 bridgehead atoms. The molecular weight excluding hydrogens is 318 g/mol. The van der Waals surface area contributed by atoms with Gasteiger partial charge in [0.05, 0.1) is 9.40 Å². The first-order valence-electron chi connectivity index (χ1n) is 5.74. The number of nitrogens with one attached hydrogen (secondary N) is 1. The van der Waals surface area contributed by atoms with E-state index >= 15 is 0 Å². The number of pyridine rings is 1. The van der Waals surface area contributed by atoms with Crippen molar-refractivity contribution in [2.45, 2.75) is 32.2 Å². The second-order valence-electron chi connectivity index (χ2n) is 3.95. The lowest BCUT2D eigenvalue weighted by atomic mass is 10.1. The van der Waals surface area contributed by atoms with Crippen LogP contribution in [0.15, 0.2) is 16.9 Å². The molecule has 8 heteroatoms. The van der Waals surface area contributed by atoms with Crippen LogP contribution in [0.1, 0.15) is 26.2 Å². The number of carbonyl (C=O) groups is 1.